The Morgan fingerprint density at radius 2 is 1.60 bits per heavy atom. The summed E-state index contributed by atoms with van der Waals surface area (Å²) >= 11 is 9.60. The number of hydrogen-bond donors (Lipinski definition) is 1. The molecule has 0 saturated carbocycles. The Morgan fingerprint density at radius 3 is 2.30 bits per heavy atom. The van der Waals surface area contributed by atoms with Crippen LogP contribution in [0.3, 0.4) is 0 Å². The van der Waals surface area contributed by atoms with Crippen LogP contribution in [-0.2, 0) is 19.6 Å². The number of aryl methyl sites for hydroxylation is 1. The van der Waals surface area contributed by atoms with Crippen LogP contribution in [0.1, 0.15) is 29.2 Å². The van der Waals surface area contributed by atoms with Gasteiger partial charge in [-0.05, 0) is 83.7 Å². The molecule has 3 aromatic rings. The summed E-state index contributed by atoms with van der Waals surface area (Å²) in [5.41, 5.74) is 4.78. The largest absolute Gasteiger partial charge is 0.490 e. The molecular weight excluding hydrogens is 462 g/mol. The van der Waals surface area contributed by atoms with E-state index in [1.165, 1.54) is 11.1 Å². The minimum absolute atomic E-state index is 0.498. The van der Waals surface area contributed by atoms with E-state index in [2.05, 4.69) is 70.6 Å². The van der Waals surface area contributed by atoms with E-state index >= 15 is 0 Å². The van der Waals surface area contributed by atoms with Crippen molar-refractivity contribution in [1.29, 1.82) is 0 Å². The van der Waals surface area contributed by atoms with E-state index in [0.29, 0.717) is 13.2 Å². The summed E-state index contributed by atoms with van der Waals surface area (Å²) in [5, 5.41) is 4.26. The highest BCUT2D eigenvalue weighted by atomic mass is 79.9. The minimum atomic E-state index is 0.498. The second-order valence-electron chi connectivity index (χ2n) is 7.17. The van der Waals surface area contributed by atoms with E-state index < -0.39 is 0 Å². The molecule has 158 valence electrons. The average molecular weight is 489 g/mol. The molecule has 0 aromatic heterocycles. The Morgan fingerprint density at radius 1 is 0.900 bits per heavy atom. The lowest BCUT2D eigenvalue weighted by atomic mass is 10.1. The van der Waals surface area contributed by atoms with Gasteiger partial charge in [-0.15, -0.1) is 0 Å². The molecule has 0 unspecified atom stereocenters. The zero-order valence-electron chi connectivity index (χ0n) is 17.4. The zero-order chi connectivity index (χ0) is 21.3. The van der Waals surface area contributed by atoms with Gasteiger partial charge in [-0.1, -0.05) is 53.6 Å². The van der Waals surface area contributed by atoms with Gasteiger partial charge >= 0.3 is 0 Å². The molecule has 0 atom stereocenters. The monoisotopic (exact) mass is 487 g/mol. The standard InChI is InChI=1S/C25H27BrClNO2/c1-3-29-24-15-21(16-28-13-12-19-8-10-22(27)11-9-19)14-23(26)25(24)30-17-20-6-4-18(2)5-7-20/h4-11,14-15,28H,3,12-13,16-17H2,1-2H3. The summed E-state index contributed by atoms with van der Waals surface area (Å²) in [6, 6.07) is 20.5. The quantitative estimate of drug-likeness (QED) is 0.321. The van der Waals surface area contributed by atoms with Crippen LogP contribution in [0.15, 0.2) is 65.1 Å². The SMILES string of the molecule is CCOc1cc(CNCCc2ccc(Cl)cc2)cc(Br)c1OCc1ccc(C)cc1. The Kier molecular flexibility index (Phi) is 8.61. The van der Waals surface area contributed by atoms with Gasteiger partial charge in [-0.3, -0.25) is 0 Å². The van der Waals surface area contributed by atoms with Crippen molar-refractivity contribution in [3.8, 4) is 11.5 Å². The van der Waals surface area contributed by atoms with Crippen LogP contribution in [0.4, 0.5) is 0 Å². The van der Waals surface area contributed by atoms with E-state index in [9.17, 15) is 0 Å². The van der Waals surface area contributed by atoms with E-state index in [-0.39, 0.29) is 0 Å². The van der Waals surface area contributed by atoms with Crippen LogP contribution < -0.4 is 14.8 Å². The number of nitrogens with one attached hydrogen (secondary N) is 1. The molecule has 0 heterocycles. The van der Waals surface area contributed by atoms with Gasteiger partial charge in [0.25, 0.3) is 0 Å². The van der Waals surface area contributed by atoms with Crippen molar-refractivity contribution in [1.82, 2.24) is 5.32 Å². The van der Waals surface area contributed by atoms with Gasteiger partial charge in [-0.25, -0.2) is 0 Å². The molecule has 0 fully saturated rings. The average Bonchev–Trinajstić information content (AvgIpc) is 2.73. The topological polar surface area (TPSA) is 30.5 Å². The van der Waals surface area contributed by atoms with Gasteiger partial charge in [0, 0.05) is 11.6 Å². The molecule has 30 heavy (non-hydrogen) atoms. The maximum Gasteiger partial charge on any atom is 0.175 e. The highest BCUT2D eigenvalue weighted by Gasteiger charge is 2.13. The maximum absolute atomic E-state index is 6.09. The first-order valence-electron chi connectivity index (χ1n) is 10.1. The zero-order valence-corrected chi connectivity index (χ0v) is 19.7. The molecule has 0 aliphatic rings. The molecule has 0 amide bonds. The second kappa shape index (κ2) is 11.4. The van der Waals surface area contributed by atoms with Crippen LogP contribution in [0, 0.1) is 6.92 Å². The lowest BCUT2D eigenvalue weighted by Gasteiger charge is -2.16. The molecule has 0 radical (unpaired) electrons. The van der Waals surface area contributed by atoms with Crippen LogP contribution >= 0.6 is 27.5 Å². The van der Waals surface area contributed by atoms with Crippen molar-refractivity contribution in [2.75, 3.05) is 13.2 Å². The molecule has 5 heteroatoms. The van der Waals surface area contributed by atoms with Crippen molar-refractivity contribution in [3.63, 3.8) is 0 Å². The van der Waals surface area contributed by atoms with E-state index in [4.69, 9.17) is 21.1 Å². The predicted octanol–water partition coefficient (Wildman–Crippen LogP) is 6.72. The van der Waals surface area contributed by atoms with Gasteiger partial charge in [0.1, 0.15) is 6.61 Å². The molecular formula is C25H27BrClNO2. The van der Waals surface area contributed by atoms with Crippen molar-refractivity contribution in [3.05, 3.63) is 92.4 Å². The Labute approximate surface area is 192 Å². The summed E-state index contributed by atoms with van der Waals surface area (Å²) < 4.78 is 12.8. The van der Waals surface area contributed by atoms with Gasteiger partial charge in [0.15, 0.2) is 11.5 Å². The summed E-state index contributed by atoms with van der Waals surface area (Å²) in [6.07, 6.45) is 0.953. The van der Waals surface area contributed by atoms with Crippen LogP contribution in [-0.4, -0.2) is 13.2 Å². The first-order valence-corrected chi connectivity index (χ1v) is 11.3. The fourth-order valence-electron chi connectivity index (χ4n) is 3.08. The molecule has 3 rings (SSSR count). The van der Waals surface area contributed by atoms with Crippen LogP contribution in [0.2, 0.25) is 5.02 Å². The van der Waals surface area contributed by atoms with Crippen molar-refractivity contribution in [2.45, 2.75) is 33.4 Å². The van der Waals surface area contributed by atoms with Crippen LogP contribution in [0.25, 0.3) is 0 Å². The number of benzene rings is 3. The predicted molar refractivity (Wildman–Crippen MR) is 128 cm³/mol. The Bertz CT molecular complexity index is 943. The van der Waals surface area contributed by atoms with E-state index in [1.807, 2.05) is 25.1 Å². The van der Waals surface area contributed by atoms with Gasteiger partial charge < -0.3 is 14.8 Å². The number of hydrogen-bond acceptors (Lipinski definition) is 3. The third kappa shape index (κ3) is 6.76. The lowest BCUT2D eigenvalue weighted by molar-refractivity contribution is 0.267. The Balaban J connectivity index is 1.60. The van der Waals surface area contributed by atoms with Crippen LogP contribution in [0.5, 0.6) is 11.5 Å². The highest BCUT2D eigenvalue weighted by molar-refractivity contribution is 9.10. The van der Waals surface area contributed by atoms with Gasteiger partial charge in [0.2, 0.25) is 0 Å². The molecule has 0 aliphatic heterocycles. The molecule has 0 bridgehead atoms. The highest BCUT2D eigenvalue weighted by Crippen LogP contribution is 2.37. The third-order valence-electron chi connectivity index (χ3n) is 4.71. The summed E-state index contributed by atoms with van der Waals surface area (Å²) in [4.78, 5) is 0. The smallest absolute Gasteiger partial charge is 0.175 e. The fraction of sp³-hybridized carbons (Fsp3) is 0.280. The molecule has 0 saturated heterocycles. The van der Waals surface area contributed by atoms with Gasteiger partial charge in [0.05, 0.1) is 11.1 Å². The molecule has 0 aliphatic carbocycles. The summed E-state index contributed by atoms with van der Waals surface area (Å²) in [7, 11) is 0. The Hall–Kier alpha value is -2.01. The van der Waals surface area contributed by atoms with Crippen molar-refractivity contribution < 1.29 is 9.47 Å². The number of ether oxygens (including phenoxy) is 2. The maximum atomic E-state index is 6.09. The molecule has 3 aromatic carbocycles. The molecule has 3 nitrogen and oxygen atoms in total. The van der Waals surface area contributed by atoms with Gasteiger partial charge in [-0.2, -0.15) is 0 Å². The van der Waals surface area contributed by atoms with Crippen molar-refractivity contribution >= 4 is 27.5 Å². The third-order valence-corrected chi connectivity index (χ3v) is 5.55. The first kappa shape index (κ1) is 22.7. The first-order chi connectivity index (χ1) is 14.5. The van der Waals surface area contributed by atoms with E-state index in [1.54, 1.807) is 0 Å². The lowest BCUT2D eigenvalue weighted by Crippen LogP contribution is -2.17. The number of rotatable bonds is 10. The number of halogens is 2. The summed E-state index contributed by atoms with van der Waals surface area (Å²) in [6.45, 7) is 6.78. The molecule has 0 spiro atoms. The second-order valence-corrected chi connectivity index (χ2v) is 8.46. The summed E-state index contributed by atoms with van der Waals surface area (Å²) in [5.74, 6) is 1.50. The fourth-order valence-corrected chi connectivity index (χ4v) is 3.81. The van der Waals surface area contributed by atoms with Crippen molar-refractivity contribution in [2.24, 2.45) is 0 Å². The minimum Gasteiger partial charge on any atom is -0.490 e. The molecule has 1 N–H and O–H groups in total. The normalized spacial score (nSPS) is 10.8. The van der Waals surface area contributed by atoms with E-state index in [0.717, 1.165) is 51.6 Å².